The van der Waals surface area contributed by atoms with Crippen molar-refractivity contribution in [2.45, 2.75) is 13.3 Å². The molecule has 2 aromatic heterocycles. The van der Waals surface area contributed by atoms with Gasteiger partial charge in [-0.2, -0.15) is 0 Å². The van der Waals surface area contributed by atoms with Crippen LogP contribution in [-0.4, -0.2) is 35.5 Å². The molecule has 1 amide bonds. The highest BCUT2D eigenvalue weighted by Crippen LogP contribution is 2.30. The van der Waals surface area contributed by atoms with E-state index in [0.29, 0.717) is 10.2 Å². The summed E-state index contributed by atoms with van der Waals surface area (Å²) in [5.74, 6) is -1.31. The minimum atomic E-state index is -3.18. The Morgan fingerprint density at radius 2 is 2.04 bits per heavy atom. The molecule has 27 heavy (non-hydrogen) atoms. The predicted octanol–water partition coefficient (Wildman–Crippen LogP) is 1.94. The second-order valence-corrected chi connectivity index (χ2v) is 9.78. The van der Waals surface area contributed by atoms with Crippen molar-refractivity contribution in [1.29, 1.82) is 0 Å². The minimum Gasteiger partial charge on any atom is -0.273 e. The topological polar surface area (TPSA) is 98.1 Å². The maximum absolute atomic E-state index is 12.9. The molecule has 0 spiro atoms. The van der Waals surface area contributed by atoms with Crippen LogP contribution in [-0.2, 0) is 14.6 Å². The van der Waals surface area contributed by atoms with E-state index in [1.54, 1.807) is 0 Å². The smallest absolute Gasteiger partial charge is 0.273 e. The number of carbonyl (C=O) groups excluding carboxylic acids is 1. The van der Waals surface area contributed by atoms with Crippen LogP contribution in [0.5, 0.6) is 0 Å². The highest BCUT2D eigenvalue weighted by molar-refractivity contribution is 7.91. The third kappa shape index (κ3) is 3.40. The molecule has 140 valence electrons. The summed E-state index contributed by atoms with van der Waals surface area (Å²) in [7, 11) is -3.18. The van der Waals surface area contributed by atoms with E-state index in [1.165, 1.54) is 17.7 Å². The van der Waals surface area contributed by atoms with Gasteiger partial charge in [-0.25, -0.2) is 18.1 Å². The molecular weight excluding hydrogens is 386 g/mol. The number of hydrogen-bond acceptors (Lipinski definition) is 6. The van der Waals surface area contributed by atoms with Gasteiger partial charge in [-0.1, -0.05) is 29.8 Å². The van der Waals surface area contributed by atoms with Gasteiger partial charge in [0.15, 0.2) is 9.84 Å². The van der Waals surface area contributed by atoms with Crippen LogP contribution in [0.1, 0.15) is 12.0 Å². The number of aromatic nitrogens is 2. The van der Waals surface area contributed by atoms with Gasteiger partial charge < -0.3 is 0 Å². The van der Waals surface area contributed by atoms with E-state index in [1.807, 2.05) is 36.6 Å². The van der Waals surface area contributed by atoms with Crippen molar-refractivity contribution in [2.75, 3.05) is 16.9 Å². The van der Waals surface area contributed by atoms with Gasteiger partial charge in [0.2, 0.25) is 5.91 Å². The second-order valence-electron chi connectivity index (χ2n) is 6.69. The number of rotatable bonds is 3. The molecule has 1 atom stereocenters. The zero-order valence-corrected chi connectivity index (χ0v) is 16.1. The summed E-state index contributed by atoms with van der Waals surface area (Å²) in [5.41, 5.74) is 4.90. The van der Waals surface area contributed by atoms with Crippen molar-refractivity contribution in [3.05, 3.63) is 51.9 Å². The molecule has 0 radical (unpaired) electrons. The molecule has 1 unspecified atom stereocenters. The van der Waals surface area contributed by atoms with Crippen LogP contribution >= 0.6 is 11.3 Å². The average molecular weight is 403 g/mol. The molecule has 4 rings (SSSR count). The number of thiophene rings is 1. The number of nitrogens with one attached hydrogen (secondary N) is 1. The number of hydrogen-bond donors (Lipinski definition) is 1. The first-order valence-electron chi connectivity index (χ1n) is 8.41. The predicted molar refractivity (Wildman–Crippen MR) is 105 cm³/mol. The van der Waals surface area contributed by atoms with E-state index >= 15 is 0 Å². The Hall–Kier alpha value is -2.52. The van der Waals surface area contributed by atoms with Gasteiger partial charge in [0, 0.05) is 10.9 Å². The Labute approximate surface area is 159 Å². The third-order valence-corrected chi connectivity index (χ3v) is 7.35. The lowest BCUT2D eigenvalue weighted by molar-refractivity contribution is -0.120. The number of amides is 1. The van der Waals surface area contributed by atoms with E-state index in [0.717, 1.165) is 21.4 Å². The summed E-state index contributed by atoms with van der Waals surface area (Å²) in [5, 5.41) is 2.31. The molecule has 7 nitrogen and oxygen atoms in total. The quantitative estimate of drug-likeness (QED) is 0.721. The fourth-order valence-corrected chi connectivity index (χ4v) is 5.82. The molecule has 1 aromatic carbocycles. The summed E-state index contributed by atoms with van der Waals surface area (Å²) >= 11 is 1.36. The maximum atomic E-state index is 12.9. The zero-order valence-electron chi connectivity index (χ0n) is 14.5. The van der Waals surface area contributed by atoms with E-state index in [-0.39, 0.29) is 23.5 Å². The number of aryl methyl sites for hydroxylation is 1. The van der Waals surface area contributed by atoms with E-state index in [2.05, 4.69) is 10.4 Å². The largest absolute Gasteiger partial charge is 0.281 e. The highest BCUT2D eigenvalue weighted by atomic mass is 32.2. The second kappa shape index (κ2) is 6.58. The summed E-state index contributed by atoms with van der Waals surface area (Å²) in [4.78, 5) is 30.1. The fraction of sp³-hybridized carbons (Fsp3) is 0.278. The molecule has 3 heterocycles. The molecule has 0 bridgehead atoms. The Morgan fingerprint density at radius 1 is 1.30 bits per heavy atom. The monoisotopic (exact) mass is 403 g/mol. The van der Waals surface area contributed by atoms with Crippen LogP contribution in [0.3, 0.4) is 0 Å². The van der Waals surface area contributed by atoms with E-state index in [4.69, 9.17) is 0 Å². The molecule has 9 heteroatoms. The molecule has 1 aliphatic rings. The van der Waals surface area contributed by atoms with Crippen LogP contribution in [0.2, 0.25) is 0 Å². The third-order valence-electron chi connectivity index (χ3n) is 4.69. The van der Waals surface area contributed by atoms with Crippen molar-refractivity contribution < 1.29 is 13.2 Å². The first-order valence-corrected chi connectivity index (χ1v) is 11.1. The summed E-state index contributed by atoms with van der Waals surface area (Å²) in [6.07, 6.45) is 1.53. The van der Waals surface area contributed by atoms with Crippen molar-refractivity contribution >= 4 is 37.3 Å². The van der Waals surface area contributed by atoms with Crippen LogP contribution in [0.4, 0.5) is 0 Å². The number of sulfone groups is 1. The van der Waals surface area contributed by atoms with E-state index in [9.17, 15) is 18.0 Å². The first kappa shape index (κ1) is 17.9. The lowest BCUT2D eigenvalue weighted by Gasteiger charge is -2.11. The Balaban J connectivity index is 1.70. The minimum absolute atomic E-state index is 0.000622. The van der Waals surface area contributed by atoms with Crippen molar-refractivity contribution in [3.8, 4) is 11.1 Å². The van der Waals surface area contributed by atoms with Gasteiger partial charge in [0.25, 0.3) is 5.56 Å². The molecule has 0 aliphatic carbocycles. The van der Waals surface area contributed by atoms with Crippen LogP contribution in [0.15, 0.2) is 40.8 Å². The number of benzene rings is 1. The van der Waals surface area contributed by atoms with Gasteiger partial charge >= 0.3 is 0 Å². The summed E-state index contributed by atoms with van der Waals surface area (Å²) in [6, 6.07) is 7.82. The zero-order chi connectivity index (χ0) is 19.2. The SMILES string of the molecule is Cc1ccc(-c2csc3ncn(NC(=O)C4CCS(=O)(=O)C4)c(=O)c23)cc1. The Morgan fingerprint density at radius 3 is 2.70 bits per heavy atom. The fourth-order valence-electron chi connectivity index (χ4n) is 3.17. The van der Waals surface area contributed by atoms with Gasteiger partial charge in [0.05, 0.1) is 22.8 Å². The number of nitrogens with zero attached hydrogens (tertiary/aromatic N) is 2. The normalized spacial score (nSPS) is 18.6. The standard InChI is InChI=1S/C18H17N3O4S2/c1-11-2-4-12(5-3-11)14-8-26-17-15(14)18(23)21(10-19-17)20-16(22)13-6-7-27(24,25)9-13/h2-5,8,10,13H,6-7,9H2,1H3,(H,20,22). The lowest BCUT2D eigenvalue weighted by atomic mass is 10.1. The first-order chi connectivity index (χ1) is 12.8. The van der Waals surface area contributed by atoms with Crippen molar-refractivity contribution in [2.24, 2.45) is 5.92 Å². The molecule has 1 aliphatic heterocycles. The van der Waals surface area contributed by atoms with Crippen LogP contribution in [0.25, 0.3) is 21.3 Å². The molecule has 3 aromatic rings. The van der Waals surface area contributed by atoms with Gasteiger partial charge in [-0.3, -0.25) is 15.0 Å². The molecule has 1 fully saturated rings. The molecular formula is C18H17N3O4S2. The number of carbonyl (C=O) groups is 1. The average Bonchev–Trinajstić information content (AvgIpc) is 3.22. The maximum Gasteiger partial charge on any atom is 0.281 e. The van der Waals surface area contributed by atoms with Gasteiger partial charge in [0.1, 0.15) is 11.2 Å². The van der Waals surface area contributed by atoms with Crippen molar-refractivity contribution in [1.82, 2.24) is 9.66 Å². The molecule has 0 saturated carbocycles. The van der Waals surface area contributed by atoms with Crippen LogP contribution in [0, 0.1) is 12.8 Å². The van der Waals surface area contributed by atoms with Crippen LogP contribution < -0.4 is 11.0 Å². The van der Waals surface area contributed by atoms with Gasteiger partial charge in [-0.05, 0) is 18.9 Å². The highest BCUT2D eigenvalue weighted by Gasteiger charge is 2.33. The van der Waals surface area contributed by atoms with Gasteiger partial charge in [-0.15, -0.1) is 11.3 Å². The van der Waals surface area contributed by atoms with Crippen molar-refractivity contribution in [3.63, 3.8) is 0 Å². The number of fused-ring (bicyclic) bond motifs is 1. The lowest BCUT2D eigenvalue weighted by Crippen LogP contribution is -2.37. The summed E-state index contributed by atoms with van der Waals surface area (Å²) in [6.45, 7) is 1.99. The molecule has 1 saturated heterocycles. The Kier molecular flexibility index (Phi) is 4.35. The Bertz CT molecular complexity index is 1190. The molecule has 1 N–H and O–H groups in total. The summed E-state index contributed by atoms with van der Waals surface area (Å²) < 4.78 is 24.2. The van der Waals surface area contributed by atoms with E-state index < -0.39 is 21.7 Å².